The van der Waals surface area contributed by atoms with E-state index in [-0.39, 0.29) is 0 Å². The summed E-state index contributed by atoms with van der Waals surface area (Å²) in [5.74, 6) is -0.332. The lowest BCUT2D eigenvalue weighted by Gasteiger charge is -2.10. The molecule has 5 nitrogen and oxygen atoms in total. The van der Waals surface area contributed by atoms with Gasteiger partial charge in [0.15, 0.2) is 0 Å². The standard InChI is InChI=1S/C16H17ClN2O3/c1-12(4-3-8-18-9-7-16(20)21)19-11-13-5-6-14(17)10-15(13)22-2/h3-10,19H,1,11H2,2H3,(H,20,21)/b4-3-,9-7+,18-8+. The molecule has 0 fully saturated rings. The number of aliphatic imine (C=N–C) groups is 1. The van der Waals surface area contributed by atoms with Crippen LogP contribution in [-0.4, -0.2) is 24.4 Å². The molecule has 0 bridgehead atoms. The van der Waals surface area contributed by atoms with Crippen LogP contribution in [0.4, 0.5) is 0 Å². The number of carboxylic acids is 1. The van der Waals surface area contributed by atoms with Crippen molar-refractivity contribution in [3.63, 3.8) is 0 Å². The second-order valence-corrected chi connectivity index (χ2v) is 4.58. The average Bonchev–Trinajstić information content (AvgIpc) is 2.49. The second-order valence-electron chi connectivity index (χ2n) is 4.15. The van der Waals surface area contributed by atoms with Crippen LogP contribution < -0.4 is 10.1 Å². The van der Waals surface area contributed by atoms with E-state index in [1.54, 1.807) is 31.4 Å². The van der Waals surface area contributed by atoms with Gasteiger partial charge in [0.05, 0.1) is 7.11 Å². The average molecular weight is 321 g/mol. The number of halogens is 1. The topological polar surface area (TPSA) is 70.9 Å². The van der Waals surface area contributed by atoms with Gasteiger partial charge in [0.1, 0.15) is 5.75 Å². The summed E-state index contributed by atoms with van der Waals surface area (Å²) >= 11 is 5.90. The lowest BCUT2D eigenvalue weighted by atomic mass is 10.2. The van der Waals surface area contributed by atoms with E-state index in [9.17, 15) is 4.79 Å². The number of carboxylic acid groups (broad SMARTS) is 1. The minimum Gasteiger partial charge on any atom is -0.496 e. The largest absolute Gasteiger partial charge is 0.496 e. The SMILES string of the molecule is C=C(\C=C/C=N/C=C/C(=O)O)NCc1ccc(Cl)cc1OC. The number of methoxy groups -OCH3 is 1. The predicted molar refractivity (Wildman–Crippen MR) is 88.4 cm³/mol. The number of aliphatic carboxylic acids is 1. The first-order valence-electron chi connectivity index (χ1n) is 6.37. The molecule has 0 saturated carbocycles. The van der Waals surface area contributed by atoms with Crippen LogP contribution in [0.25, 0.3) is 0 Å². The van der Waals surface area contributed by atoms with Crippen molar-refractivity contribution in [1.29, 1.82) is 0 Å². The fraction of sp³-hybridized carbons (Fsp3) is 0.125. The van der Waals surface area contributed by atoms with Crippen molar-refractivity contribution in [3.05, 3.63) is 65.5 Å². The molecule has 0 atom stereocenters. The third-order valence-corrected chi connectivity index (χ3v) is 2.76. The summed E-state index contributed by atoms with van der Waals surface area (Å²) in [4.78, 5) is 14.0. The summed E-state index contributed by atoms with van der Waals surface area (Å²) in [7, 11) is 1.59. The number of allylic oxidation sites excluding steroid dienone is 2. The lowest BCUT2D eigenvalue weighted by Crippen LogP contribution is -2.11. The van der Waals surface area contributed by atoms with Crippen molar-refractivity contribution in [1.82, 2.24) is 5.32 Å². The number of ether oxygens (including phenoxy) is 1. The van der Waals surface area contributed by atoms with Crippen LogP contribution in [0.15, 0.2) is 59.9 Å². The number of carbonyl (C=O) groups is 1. The summed E-state index contributed by atoms with van der Waals surface area (Å²) in [6.45, 7) is 4.39. The van der Waals surface area contributed by atoms with Crippen molar-refractivity contribution in [2.45, 2.75) is 6.54 Å². The molecule has 0 aliphatic carbocycles. The van der Waals surface area contributed by atoms with E-state index in [1.807, 2.05) is 6.07 Å². The molecule has 22 heavy (non-hydrogen) atoms. The minimum absolute atomic E-state index is 0.541. The maximum atomic E-state index is 10.2. The molecule has 0 saturated heterocycles. The van der Waals surface area contributed by atoms with E-state index in [2.05, 4.69) is 16.9 Å². The third kappa shape index (κ3) is 6.76. The third-order valence-electron chi connectivity index (χ3n) is 2.53. The zero-order chi connectivity index (χ0) is 16.4. The first kappa shape index (κ1) is 17.5. The quantitative estimate of drug-likeness (QED) is 0.438. The highest BCUT2D eigenvalue weighted by molar-refractivity contribution is 6.30. The predicted octanol–water partition coefficient (Wildman–Crippen LogP) is 3.18. The van der Waals surface area contributed by atoms with E-state index in [1.165, 1.54) is 12.4 Å². The summed E-state index contributed by atoms with van der Waals surface area (Å²) in [5.41, 5.74) is 1.64. The Balaban J connectivity index is 2.48. The van der Waals surface area contributed by atoms with E-state index < -0.39 is 5.97 Å². The summed E-state index contributed by atoms with van der Waals surface area (Å²) in [6, 6.07) is 5.42. The maximum Gasteiger partial charge on any atom is 0.329 e. The highest BCUT2D eigenvalue weighted by Gasteiger charge is 2.03. The second kappa shape index (κ2) is 9.41. The molecule has 0 amide bonds. The van der Waals surface area contributed by atoms with Crippen molar-refractivity contribution in [3.8, 4) is 5.75 Å². The lowest BCUT2D eigenvalue weighted by molar-refractivity contribution is -0.131. The Morgan fingerprint density at radius 2 is 2.27 bits per heavy atom. The molecule has 0 aliphatic heterocycles. The Morgan fingerprint density at radius 1 is 1.50 bits per heavy atom. The van der Waals surface area contributed by atoms with Crippen LogP contribution in [0.5, 0.6) is 5.75 Å². The van der Waals surface area contributed by atoms with Gasteiger partial charge in [0.25, 0.3) is 0 Å². The molecule has 1 rings (SSSR count). The molecular weight excluding hydrogens is 304 g/mol. The number of rotatable bonds is 8. The van der Waals surface area contributed by atoms with E-state index in [0.29, 0.717) is 23.0 Å². The normalized spacial score (nSPS) is 11.4. The molecule has 0 heterocycles. The summed E-state index contributed by atoms with van der Waals surface area (Å²) < 4.78 is 5.25. The van der Waals surface area contributed by atoms with Crippen molar-refractivity contribution >= 4 is 23.8 Å². The van der Waals surface area contributed by atoms with Crippen LogP contribution in [0.1, 0.15) is 5.56 Å². The van der Waals surface area contributed by atoms with Gasteiger partial charge in [-0.15, -0.1) is 0 Å². The molecule has 1 aromatic carbocycles. The highest BCUT2D eigenvalue weighted by Crippen LogP contribution is 2.23. The van der Waals surface area contributed by atoms with Crippen LogP contribution in [0, 0.1) is 0 Å². The van der Waals surface area contributed by atoms with E-state index in [4.69, 9.17) is 21.4 Å². The van der Waals surface area contributed by atoms with Gasteiger partial charge in [-0.1, -0.05) is 24.2 Å². The molecular formula is C16H17ClN2O3. The monoisotopic (exact) mass is 320 g/mol. The number of nitrogens with zero attached hydrogens (tertiary/aromatic N) is 1. The molecule has 0 unspecified atom stereocenters. The number of nitrogens with one attached hydrogen (secondary N) is 1. The fourth-order valence-electron chi connectivity index (χ4n) is 1.50. The summed E-state index contributed by atoms with van der Waals surface area (Å²) in [5, 5.41) is 12.1. The van der Waals surface area contributed by atoms with Crippen molar-refractivity contribution in [2.24, 2.45) is 4.99 Å². The van der Waals surface area contributed by atoms with Gasteiger partial charge in [0.2, 0.25) is 0 Å². The maximum absolute atomic E-state index is 10.2. The Hall–Kier alpha value is -2.53. The molecule has 0 spiro atoms. The van der Waals surface area contributed by atoms with Crippen LogP contribution in [0.3, 0.4) is 0 Å². The number of hydrogen-bond acceptors (Lipinski definition) is 4. The first-order chi connectivity index (χ1) is 10.5. The zero-order valence-corrected chi connectivity index (χ0v) is 12.9. The van der Waals surface area contributed by atoms with Crippen molar-refractivity contribution in [2.75, 3.05) is 7.11 Å². The van der Waals surface area contributed by atoms with Gasteiger partial charge < -0.3 is 15.2 Å². The Labute approximate surface area is 134 Å². The first-order valence-corrected chi connectivity index (χ1v) is 6.75. The van der Waals surface area contributed by atoms with Gasteiger partial charge in [0, 0.05) is 41.3 Å². The number of hydrogen-bond donors (Lipinski definition) is 2. The number of benzene rings is 1. The van der Waals surface area contributed by atoms with Crippen LogP contribution >= 0.6 is 11.6 Å². The van der Waals surface area contributed by atoms with Crippen LogP contribution in [0.2, 0.25) is 5.02 Å². The fourth-order valence-corrected chi connectivity index (χ4v) is 1.66. The minimum atomic E-state index is -1.04. The van der Waals surface area contributed by atoms with Gasteiger partial charge in [-0.25, -0.2) is 4.79 Å². The van der Waals surface area contributed by atoms with Crippen molar-refractivity contribution < 1.29 is 14.6 Å². The van der Waals surface area contributed by atoms with Gasteiger partial charge in [-0.3, -0.25) is 4.99 Å². The highest BCUT2D eigenvalue weighted by atomic mass is 35.5. The molecule has 2 N–H and O–H groups in total. The summed E-state index contributed by atoms with van der Waals surface area (Å²) in [6.07, 6.45) is 6.99. The Bertz CT molecular complexity index is 622. The Morgan fingerprint density at radius 3 is 2.95 bits per heavy atom. The van der Waals surface area contributed by atoms with Gasteiger partial charge in [-0.2, -0.15) is 0 Å². The molecule has 0 radical (unpaired) electrons. The Kier molecular flexibility index (Phi) is 7.50. The van der Waals surface area contributed by atoms with Crippen LogP contribution in [-0.2, 0) is 11.3 Å². The zero-order valence-electron chi connectivity index (χ0n) is 12.1. The smallest absolute Gasteiger partial charge is 0.329 e. The molecule has 6 heteroatoms. The van der Waals surface area contributed by atoms with E-state index >= 15 is 0 Å². The van der Waals surface area contributed by atoms with E-state index in [0.717, 1.165) is 11.6 Å². The van der Waals surface area contributed by atoms with Gasteiger partial charge in [-0.05, 0) is 24.3 Å². The molecule has 0 aliphatic rings. The molecule has 1 aromatic rings. The molecule has 0 aromatic heterocycles. The van der Waals surface area contributed by atoms with Gasteiger partial charge >= 0.3 is 5.97 Å². The molecule has 116 valence electrons.